The lowest BCUT2D eigenvalue weighted by Gasteiger charge is -2.16. The second-order valence-electron chi connectivity index (χ2n) is 4.43. The SMILES string of the molecule is CC(C)CCN(C)S(=O)(=O)c1ccc(C(=O)O)s1. The summed E-state index contributed by atoms with van der Waals surface area (Å²) in [6.45, 7) is 4.47. The van der Waals surface area contributed by atoms with Crippen molar-refractivity contribution in [2.75, 3.05) is 13.6 Å². The minimum Gasteiger partial charge on any atom is -0.477 e. The fourth-order valence-corrected chi connectivity index (χ4v) is 3.83. The number of carboxylic acids is 1. The van der Waals surface area contributed by atoms with Crippen molar-refractivity contribution >= 4 is 27.3 Å². The van der Waals surface area contributed by atoms with E-state index < -0.39 is 16.0 Å². The Morgan fingerprint density at radius 3 is 2.50 bits per heavy atom. The first-order chi connectivity index (χ1) is 8.25. The molecule has 7 heteroatoms. The molecule has 0 bridgehead atoms. The van der Waals surface area contributed by atoms with Gasteiger partial charge in [0, 0.05) is 13.6 Å². The van der Waals surface area contributed by atoms with Crippen LogP contribution in [-0.4, -0.2) is 37.4 Å². The Kier molecular flexibility index (Phi) is 4.89. The van der Waals surface area contributed by atoms with Gasteiger partial charge in [-0.3, -0.25) is 0 Å². The number of carboxylic acid groups (broad SMARTS) is 1. The summed E-state index contributed by atoms with van der Waals surface area (Å²) in [6.07, 6.45) is 0.771. The van der Waals surface area contributed by atoms with Gasteiger partial charge in [-0.15, -0.1) is 11.3 Å². The molecule has 0 saturated heterocycles. The molecule has 0 aliphatic rings. The third-order valence-corrected chi connectivity index (χ3v) is 5.88. The molecular weight excluding hydrogens is 274 g/mol. The van der Waals surface area contributed by atoms with E-state index in [1.165, 1.54) is 23.5 Å². The molecule has 5 nitrogen and oxygen atoms in total. The fraction of sp³-hybridized carbons (Fsp3) is 0.545. The van der Waals surface area contributed by atoms with Crippen molar-refractivity contribution in [2.24, 2.45) is 5.92 Å². The fourth-order valence-electron chi connectivity index (χ4n) is 1.29. The van der Waals surface area contributed by atoms with E-state index in [1.54, 1.807) is 0 Å². The zero-order valence-corrected chi connectivity index (χ0v) is 12.2. The molecule has 0 radical (unpaired) electrons. The van der Waals surface area contributed by atoms with Crippen LogP contribution in [0.25, 0.3) is 0 Å². The monoisotopic (exact) mass is 291 g/mol. The van der Waals surface area contributed by atoms with Crippen LogP contribution in [-0.2, 0) is 10.0 Å². The molecule has 18 heavy (non-hydrogen) atoms. The molecule has 0 aliphatic heterocycles. The van der Waals surface area contributed by atoms with Crippen LogP contribution in [0.15, 0.2) is 16.3 Å². The van der Waals surface area contributed by atoms with Crippen LogP contribution in [0.2, 0.25) is 0 Å². The Labute approximate surface area is 111 Å². The van der Waals surface area contributed by atoms with Gasteiger partial charge >= 0.3 is 5.97 Å². The van der Waals surface area contributed by atoms with Crippen LogP contribution in [0.5, 0.6) is 0 Å². The van der Waals surface area contributed by atoms with Crippen molar-refractivity contribution in [3.63, 3.8) is 0 Å². The quantitative estimate of drug-likeness (QED) is 0.871. The smallest absolute Gasteiger partial charge is 0.345 e. The Morgan fingerprint density at radius 1 is 1.44 bits per heavy atom. The molecule has 0 aliphatic carbocycles. The number of carbonyl (C=O) groups is 1. The first kappa shape index (κ1) is 15.1. The summed E-state index contributed by atoms with van der Waals surface area (Å²) in [6, 6.07) is 2.66. The van der Waals surface area contributed by atoms with Gasteiger partial charge in [0.1, 0.15) is 9.09 Å². The largest absolute Gasteiger partial charge is 0.477 e. The Bertz CT molecular complexity index is 519. The molecule has 0 aromatic carbocycles. The molecule has 1 aromatic heterocycles. The first-order valence-electron chi connectivity index (χ1n) is 5.54. The maximum atomic E-state index is 12.1. The average Bonchev–Trinajstić information content (AvgIpc) is 2.75. The van der Waals surface area contributed by atoms with Crippen molar-refractivity contribution < 1.29 is 18.3 Å². The van der Waals surface area contributed by atoms with Crippen LogP contribution < -0.4 is 0 Å². The predicted octanol–water partition coefficient (Wildman–Crippen LogP) is 2.11. The number of rotatable bonds is 6. The third kappa shape index (κ3) is 3.54. The number of sulfonamides is 1. The summed E-state index contributed by atoms with van der Waals surface area (Å²) in [7, 11) is -2.05. The average molecular weight is 291 g/mol. The van der Waals surface area contributed by atoms with Crippen LogP contribution in [0.4, 0.5) is 0 Å². The maximum absolute atomic E-state index is 12.1. The molecule has 0 atom stereocenters. The molecule has 1 N–H and O–H groups in total. The number of hydrogen-bond donors (Lipinski definition) is 1. The number of thiophene rings is 1. The molecule has 1 rings (SSSR count). The standard InChI is InChI=1S/C11H17NO4S2/c1-8(2)6-7-12(3)18(15,16)10-5-4-9(17-10)11(13)14/h4-5,8H,6-7H2,1-3H3,(H,13,14). The van der Waals surface area contributed by atoms with Crippen LogP contribution >= 0.6 is 11.3 Å². The van der Waals surface area contributed by atoms with E-state index in [4.69, 9.17) is 5.11 Å². The van der Waals surface area contributed by atoms with Gasteiger partial charge in [0.15, 0.2) is 0 Å². The Balaban J connectivity index is 2.87. The molecule has 1 aromatic rings. The molecule has 0 fully saturated rings. The Hall–Kier alpha value is -0.920. The van der Waals surface area contributed by atoms with E-state index in [2.05, 4.69) is 0 Å². The minimum atomic E-state index is -3.56. The number of nitrogens with zero attached hydrogens (tertiary/aromatic N) is 1. The van der Waals surface area contributed by atoms with E-state index in [-0.39, 0.29) is 9.09 Å². The highest BCUT2D eigenvalue weighted by atomic mass is 32.2. The van der Waals surface area contributed by atoms with Crippen LogP contribution in [0.3, 0.4) is 0 Å². The van der Waals surface area contributed by atoms with Crippen molar-refractivity contribution in [2.45, 2.75) is 24.5 Å². The van der Waals surface area contributed by atoms with Crippen molar-refractivity contribution in [1.82, 2.24) is 4.31 Å². The van der Waals surface area contributed by atoms with Crippen molar-refractivity contribution in [3.05, 3.63) is 17.0 Å². The highest BCUT2D eigenvalue weighted by molar-refractivity contribution is 7.91. The second-order valence-corrected chi connectivity index (χ2v) is 7.79. The molecular formula is C11H17NO4S2. The van der Waals surface area contributed by atoms with E-state index in [0.717, 1.165) is 17.8 Å². The molecule has 0 saturated carbocycles. The third-order valence-electron chi connectivity index (χ3n) is 2.48. The molecule has 0 unspecified atom stereocenters. The van der Waals surface area contributed by atoms with Crippen molar-refractivity contribution in [3.8, 4) is 0 Å². The highest BCUT2D eigenvalue weighted by Gasteiger charge is 2.23. The van der Waals surface area contributed by atoms with Gasteiger partial charge in [-0.2, -0.15) is 0 Å². The Morgan fingerprint density at radius 2 is 2.06 bits per heavy atom. The van der Waals surface area contributed by atoms with Gasteiger partial charge in [0.25, 0.3) is 10.0 Å². The van der Waals surface area contributed by atoms with Gasteiger partial charge in [-0.1, -0.05) is 13.8 Å². The van der Waals surface area contributed by atoms with Gasteiger partial charge in [-0.05, 0) is 24.5 Å². The minimum absolute atomic E-state index is 0.0332. The normalized spacial score (nSPS) is 12.3. The number of aromatic carboxylic acids is 1. The first-order valence-corrected chi connectivity index (χ1v) is 7.80. The van der Waals surface area contributed by atoms with Gasteiger partial charge < -0.3 is 5.11 Å². The van der Waals surface area contributed by atoms with E-state index >= 15 is 0 Å². The summed E-state index contributed by atoms with van der Waals surface area (Å²) < 4.78 is 25.6. The summed E-state index contributed by atoms with van der Waals surface area (Å²) >= 11 is 0.781. The lowest BCUT2D eigenvalue weighted by molar-refractivity contribution is 0.0702. The number of hydrogen-bond acceptors (Lipinski definition) is 4. The van der Waals surface area contributed by atoms with Crippen LogP contribution in [0.1, 0.15) is 29.9 Å². The van der Waals surface area contributed by atoms with Gasteiger partial charge in [0.2, 0.25) is 0 Å². The summed E-state index contributed by atoms with van der Waals surface area (Å²) in [5.74, 6) is -0.688. The lowest BCUT2D eigenvalue weighted by Crippen LogP contribution is -2.28. The zero-order valence-electron chi connectivity index (χ0n) is 10.6. The predicted molar refractivity (Wildman–Crippen MR) is 70.5 cm³/mol. The van der Waals surface area contributed by atoms with E-state index in [1.807, 2.05) is 13.8 Å². The second kappa shape index (κ2) is 5.81. The summed E-state index contributed by atoms with van der Waals surface area (Å²) in [5, 5.41) is 8.78. The molecule has 0 amide bonds. The topological polar surface area (TPSA) is 74.7 Å². The molecule has 102 valence electrons. The van der Waals surface area contributed by atoms with Crippen molar-refractivity contribution in [1.29, 1.82) is 0 Å². The molecule has 0 spiro atoms. The van der Waals surface area contributed by atoms with Gasteiger partial charge in [-0.25, -0.2) is 17.5 Å². The zero-order chi connectivity index (χ0) is 13.9. The lowest BCUT2D eigenvalue weighted by atomic mass is 10.1. The van der Waals surface area contributed by atoms with E-state index in [0.29, 0.717) is 12.5 Å². The summed E-state index contributed by atoms with van der Waals surface area (Å²) in [4.78, 5) is 10.8. The van der Waals surface area contributed by atoms with Crippen LogP contribution in [0, 0.1) is 5.92 Å². The molecule has 1 heterocycles. The highest BCUT2D eigenvalue weighted by Crippen LogP contribution is 2.24. The summed E-state index contributed by atoms with van der Waals surface area (Å²) in [5.41, 5.74) is 0. The van der Waals surface area contributed by atoms with E-state index in [9.17, 15) is 13.2 Å². The maximum Gasteiger partial charge on any atom is 0.345 e. The van der Waals surface area contributed by atoms with Gasteiger partial charge in [0.05, 0.1) is 0 Å².